The van der Waals surface area contributed by atoms with Crippen molar-refractivity contribution in [1.82, 2.24) is 5.32 Å². The molecule has 3 N–H and O–H groups in total. The van der Waals surface area contributed by atoms with Crippen molar-refractivity contribution in [2.75, 3.05) is 19.0 Å². The molecule has 0 spiro atoms. The zero-order chi connectivity index (χ0) is 33.1. The molecule has 0 radical (unpaired) electrons. The van der Waals surface area contributed by atoms with Crippen LogP contribution in [0.15, 0.2) is 41.3 Å². The number of carboxylic acids is 1. The first-order valence-corrected chi connectivity index (χ1v) is 15.9. The first-order valence-electron chi connectivity index (χ1n) is 14.4. The number of carbonyl (C=O) groups is 3. The molecule has 0 aliphatic heterocycles. The van der Waals surface area contributed by atoms with Gasteiger partial charge in [0.15, 0.2) is 11.6 Å². The second-order valence-corrected chi connectivity index (χ2v) is 13.3. The number of halogens is 4. The molecule has 2 fully saturated rings. The van der Waals surface area contributed by atoms with Crippen LogP contribution in [0, 0.1) is 29.5 Å². The van der Waals surface area contributed by atoms with Gasteiger partial charge in [-0.05, 0) is 61.8 Å². The minimum Gasteiger partial charge on any atom is -0.496 e. The van der Waals surface area contributed by atoms with Gasteiger partial charge in [0.25, 0.3) is 15.7 Å². The van der Waals surface area contributed by atoms with Crippen molar-refractivity contribution < 1.29 is 54.9 Å². The summed E-state index contributed by atoms with van der Waals surface area (Å²) in [4.78, 5) is 37.1. The van der Waals surface area contributed by atoms with E-state index in [4.69, 9.17) is 14.6 Å². The number of methoxy groups -OCH3 is 1. The first-order chi connectivity index (χ1) is 21.2. The lowest BCUT2D eigenvalue weighted by molar-refractivity contribution is -0.146. The third-order valence-electron chi connectivity index (χ3n) is 8.45. The maximum Gasteiger partial charge on any atom is 0.501 e. The summed E-state index contributed by atoms with van der Waals surface area (Å²) in [6, 6.07) is 5.31. The van der Waals surface area contributed by atoms with E-state index in [1.54, 1.807) is 0 Å². The number of amides is 2. The molecular formula is C30H34F4N2O8S. The van der Waals surface area contributed by atoms with Gasteiger partial charge in [0, 0.05) is 17.8 Å². The summed E-state index contributed by atoms with van der Waals surface area (Å²) in [5.74, 6) is -4.85. The summed E-state index contributed by atoms with van der Waals surface area (Å²) < 4.78 is 88.6. The number of anilines is 1. The topological polar surface area (TPSA) is 148 Å². The van der Waals surface area contributed by atoms with E-state index >= 15 is 0 Å². The van der Waals surface area contributed by atoms with Gasteiger partial charge in [0.1, 0.15) is 5.75 Å². The molecule has 2 saturated carbocycles. The molecule has 4 rings (SSSR count). The van der Waals surface area contributed by atoms with Crippen LogP contribution < -0.4 is 20.1 Å². The Morgan fingerprint density at radius 3 is 2.40 bits per heavy atom. The van der Waals surface area contributed by atoms with E-state index in [0.717, 1.165) is 24.3 Å². The smallest absolute Gasteiger partial charge is 0.496 e. The molecule has 2 aromatic rings. The molecule has 3 atom stereocenters. The third-order valence-corrected chi connectivity index (χ3v) is 9.93. The zero-order valence-electron chi connectivity index (χ0n) is 24.5. The predicted octanol–water partition coefficient (Wildman–Crippen LogP) is 5.18. The number of hydrogen-bond acceptors (Lipinski definition) is 7. The Bertz CT molecular complexity index is 1540. The number of benzene rings is 2. The second kappa shape index (κ2) is 13.6. The fourth-order valence-electron chi connectivity index (χ4n) is 5.92. The van der Waals surface area contributed by atoms with Gasteiger partial charge < -0.3 is 25.2 Å². The first kappa shape index (κ1) is 34.0. The predicted molar refractivity (Wildman–Crippen MR) is 153 cm³/mol. The molecule has 0 bridgehead atoms. The minimum absolute atomic E-state index is 0.0581. The highest BCUT2D eigenvalue weighted by Crippen LogP contribution is 2.37. The largest absolute Gasteiger partial charge is 0.501 e. The SMILES string of the molecule is CC[C@@H]1CCC[C@@H](NC(=O)c2cc(OCC3CC(C(=O)O)C3)c(F)cc2OC)[C@H]1C(=O)Nc1cccc(S(=O)(=O)C(F)(F)F)c1. The highest BCUT2D eigenvalue weighted by atomic mass is 32.2. The summed E-state index contributed by atoms with van der Waals surface area (Å²) in [5.41, 5.74) is -5.73. The van der Waals surface area contributed by atoms with Crippen molar-refractivity contribution in [2.24, 2.45) is 23.7 Å². The van der Waals surface area contributed by atoms with Crippen molar-refractivity contribution in [3.05, 3.63) is 47.8 Å². The fourth-order valence-corrected chi connectivity index (χ4v) is 6.73. The molecule has 0 unspecified atom stereocenters. The number of sulfone groups is 1. The van der Waals surface area contributed by atoms with Crippen molar-refractivity contribution >= 4 is 33.3 Å². The van der Waals surface area contributed by atoms with Crippen LogP contribution in [-0.2, 0) is 19.4 Å². The van der Waals surface area contributed by atoms with E-state index in [0.29, 0.717) is 38.5 Å². The normalized spacial score (nSPS) is 23.4. The van der Waals surface area contributed by atoms with Gasteiger partial charge in [0.05, 0.1) is 36.0 Å². The highest BCUT2D eigenvalue weighted by Gasteiger charge is 2.47. The number of alkyl halides is 3. The van der Waals surface area contributed by atoms with Crippen LogP contribution in [0.2, 0.25) is 0 Å². The van der Waals surface area contributed by atoms with Crippen molar-refractivity contribution in [1.29, 1.82) is 0 Å². The minimum atomic E-state index is -5.64. The van der Waals surface area contributed by atoms with E-state index in [1.165, 1.54) is 19.2 Å². The Balaban J connectivity index is 1.52. The van der Waals surface area contributed by atoms with Crippen LogP contribution in [0.5, 0.6) is 11.5 Å². The van der Waals surface area contributed by atoms with Gasteiger partial charge in [-0.1, -0.05) is 25.8 Å². The van der Waals surface area contributed by atoms with E-state index in [9.17, 15) is 40.4 Å². The number of carboxylic acid groups (broad SMARTS) is 1. The summed E-state index contributed by atoms with van der Waals surface area (Å²) in [6.45, 7) is 1.92. The van der Waals surface area contributed by atoms with Crippen LogP contribution in [0.4, 0.5) is 23.2 Å². The lowest BCUT2D eigenvalue weighted by Crippen LogP contribution is -2.50. The standard InChI is InChI=1S/C30H34F4N2O8S/c1-3-17-6-4-9-23(26(17)28(38)35-19-7-5-8-20(12-19)45(41,42)30(32,33)34)36-27(37)21-13-25(22(31)14-24(21)43-2)44-15-16-10-18(11-16)29(39)40/h5,7-8,12-14,16-18,23,26H,3-4,6,9-11,15H2,1-2H3,(H,35,38)(H,36,37)(H,39,40)/t16?,17-,18?,23-,26+/m1/s1. The highest BCUT2D eigenvalue weighted by molar-refractivity contribution is 7.92. The van der Waals surface area contributed by atoms with Gasteiger partial charge in [-0.25, -0.2) is 12.8 Å². The Labute approximate surface area is 257 Å². The molecule has 15 heteroatoms. The van der Waals surface area contributed by atoms with E-state index in [-0.39, 0.29) is 41.2 Å². The number of ether oxygens (including phenoxy) is 2. The molecule has 0 saturated heterocycles. The zero-order valence-corrected chi connectivity index (χ0v) is 25.3. The molecule has 246 valence electrons. The van der Waals surface area contributed by atoms with Gasteiger partial charge >= 0.3 is 11.5 Å². The molecular weight excluding hydrogens is 624 g/mol. The molecule has 0 heterocycles. The van der Waals surface area contributed by atoms with Gasteiger partial charge in [-0.15, -0.1) is 0 Å². The van der Waals surface area contributed by atoms with Crippen molar-refractivity contribution in [3.8, 4) is 11.5 Å². The lowest BCUT2D eigenvalue weighted by Gasteiger charge is -2.37. The fraction of sp³-hybridized carbons (Fsp3) is 0.500. The van der Waals surface area contributed by atoms with Crippen LogP contribution in [0.1, 0.15) is 55.8 Å². The summed E-state index contributed by atoms with van der Waals surface area (Å²) in [7, 11) is -4.39. The summed E-state index contributed by atoms with van der Waals surface area (Å²) in [6.07, 6.45) is 3.04. The Kier molecular flexibility index (Phi) is 10.3. The lowest BCUT2D eigenvalue weighted by atomic mass is 9.74. The van der Waals surface area contributed by atoms with Crippen molar-refractivity contribution in [3.63, 3.8) is 0 Å². The van der Waals surface area contributed by atoms with Crippen LogP contribution in [0.25, 0.3) is 0 Å². The van der Waals surface area contributed by atoms with E-state index in [2.05, 4.69) is 10.6 Å². The van der Waals surface area contributed by atoms with Crippen LogP contribution in [-0.4, -0.2) is 56.6 Å². The monoisotopic (exact) mass is 658 g/mol. The number of hydrogen-bond donors (Lipinski definition) is 3. The molecule has 2 aliphatic carbocycles. The maximum absolute atomic E-state index is 14.8. The molecule has 2 amide bonds. The second-order valence-electron chi connectivity index (χ2n) is 11.3. The Morgan fingerprint density at radius 1 is 1.07 bits per heavy atom. The summed E-state index contributed by atoms with van der Waals surface area (Å²) >= 11 is 0. The van der Waals surface area contributed by atoms with E-state index < -0.39 is 61.7 Å². The molecule has 10 nitrogen and oxygen atoms in total. The number of aliphatic carboxylic acids is 1. The molecule has 2 aliphatic rings. The number of carbonyl (C=O) groups excluding carboxylic acids is 2. The Morgan fingerprint density at radius 2 is 1.78 bits per heavy atom. The Hall–Kier alpha value is -3.88. The van der Waals surface area contributed by atoms with E-state index in [1.807, 2.05) is 6.92 Å². The van der Waals surface area contributed by atoms with Gasteiger partial charge in [-0.2, -0.15) is 13.2 Å². The summed E-state index contributed by atoms with van der Waals surface area (Å²) in [5, 5.41) is 14.4. The van der Waals surface area contributed by atoms with Crippen LogP contribution in [0.3, 0.4) is 0 Å². The van der Waals surface area contributed by atoms with Gasteiger partial charge in [-0.3, -0.25) is 14.4 Å². The van der Waals surface area contributed by atoms with Crippen LogP contribution >= 0.6 is 0 Å². The van der Waals surface area contributed by atoms with Crippen molar-refractivity contribution in [2.45, 2.75) is 61.9 Å². The maximum atomic E-state index is 14.8. The molecule has 0 aromatic heterocycles. The quantitative estimate of drug-likeness (QED) is 0.280. The average molecular weight is 659 g/mol. The number of nitrogens with one attached hydrogen (secondary N) is 2. The third kappa shape index (κ3) is 7.51. The molecule has 45 heavy (non-hydrogen) atoms. The average Bonchev–Trinajstić information content (AvgIpc) is 2.95. The van der Waals surface area contributed by atoms with Gasteiger partial charge in [0.2, 0.25) is 5.91 Å². The molecule has 2 aromatic carbocycles. The number of rotatable bonds is 11.